The van der Waals surface area contributed by atoms with Gasteiger partial charge in [0.15, 0.2) is 0 Å². The summed E-state index contributed by atoms with van der Waals surface area (Å²) in [6.07, 6.45) is 5.85. The summed E-state index contributed by atoms with van der Waals surface area (Å²) in [4.78, 5) is 16.3. The van der Waals surface area contributed by atoms with E-state index in [9.17, 15) is 17.6 Å². The van der Waals surface area contributed by atoms with Gasteiger partial charge >= 0.3 is 5.97 Å². The summed E-state index contributed by atoms with van der Waals surface area (Å²) >= 11 is 0. The quantitative estimate of drug-likeness (QED) is 0.522. The van der Waals surface area contributed by atoms with Crippen LogP contribution in [0.5, 0.6) is 0 Å². The number of rotatable bonds is 7. The van der Waals surface area contributed by atoms with E-state index in [-0.39, 0.29) is 29.9 Å². The van der Waals surface area contributed by atoms with Gasteiger partial charge in [0.25, 0.3) is 0 Å². The number of aryl methyl sites for hydroxylation is 1. The highest BCUT2D eigenvalue weighted by atomic mass is 32.2. The molecule has 6 nitrogen and oxygen atoms in total. The van der Waals surface area contributed by atoms with Gasteiger partial charge in [0, 0.05) is 25.5 Å². The van der Waals surface area contributed by atoms with Crippen LogP contribution in [0.1, 0.15) is 24.8 Å². The Morgan fingerprint density at radius 3 is 2.54 bits per heavy atom. The Labute approximate surface area is 164 Å². The molecule has 8 heteroatoms. The highest BCUT2D eigenvalue weighted by Gasteiger charge is 2.32. The summed E-state index contributed by atoms with van der Waals surface area (Å²) in [7, 11) is -3.67. The molecule has 0 radical (unpaired) electrons. The Morgan fingerprint density at radius 2 is 1.89 bits per heavy atom. The Morgan fingerprint density at radius 1 is 1.18 bits per heavy atom. The third-order valence-corrected chi connectivity index (χ3v) is 6.73. The standard InChI is InChI=1S/C20H23FN2O4S/c21-18-5-7-19(8-6-18)28(25,26)23-12-9-17(10-13-23)20(24)27-14-2-4-16-3-1-11-22-15-16/h1,3,5-8,11,15,17H,2,4,9-10,12-14H2. The van der Waals surface area contributed by atoms with Crippen molar-refractivity contribution in [2.75, 3.05) is 19.7 Å². The molecule has 0 N–H and O–H groups in total. The number of aromatic nitrogens is 1. The average Bonchev–Trinajstić information content (AvgIpc) is 2.72. The number of benzene rings is 1. The summed E-state index contributed by atoms with van der Waals surface area (Å²) < 4.78 is 44.9. The second-order valence-corrected chi connectivity index (χ2v) is 8.70. The van der Waals surface area contributed by atoms with Gasteiger partial charge in [-0.3, -0.25) is 9.78 Å². The molecule has 1 aromatic carbocycles. The van der Waals surface area contributed by atoms with Crippen LogP contribution in [-0.4, -0.2) is 43.4 Å². The number of hydrogen-bond acceptors (Lipinski definition) is 5. The van der Waals surface area contributed by atoms with E-state index < -0.39 is 15.8 Å². The van der Waals surface area contributed by atoms with Crippen LogP contribution in [0.2, 0.25) is 0 Å². The van der Waals surface area contributed by atoms with Crippen molar-refractivity contribution >= 4 is 16.0 Å². The zero-order chi connectivity index (χ0) is 20.0. The number of halogens is 1. The van der Waals surface area contributed by atoms with Crippen LogP contribution in [0.4, 0.5) is 4.39 Å². The van der Waals surface area contributed by atoms with E-state index in [0.29, 0.717) is 19.4 Å². The molecule has 28 heavy (non-hydrogen) atoms. The summed E-state index contributed by atoms with van der Waals surface area (Å²) in [5.41, 5.74) is 1.10. The molecule has 2 heterocycles. The molecule has 0 amide bonds. The largest absolute Gasteiger partial charge is 0.465 e. The minimum Gasteiger partial charge on any atom is -0.465 e. The minimum atomic E-state index is -3.67. The van der Waals surface area contributed by atoms with Crippen molar-refractivity contribution in [3.63, 3.8) is 0 Å². The molecular formula is C20H23FN2O4S. The van der Waals surface area contributed by atoms with Gasteiger partial charge in [-0.1, -0.05) is 6.07 Å². The van der Waals surface area contributed by atoms with Gasteiger partial charge in [0.2, 0.25) is 10.0 Å². The van der Waals surface area contributed by atoms with Crippen LogP contribution in [0.3, 0.4) is 0 Å². The molecule has 0 bridgehead atoms. The molecule has 0 aliphatic carbocycles. The molecule has 1 aromatic heterocycles. The highest BCUT2D eigenvalue weighted by molar-refractivity contribution is 7.89. The van der Waals surface area contributed by atoms with E-state index in [1.165, 1.54) is 16.4 Å². The monoisotopic (exact) mass is 406 g/mol. The molecule has 0 atom stereocenters. The molecule has 1 saturated heterocycles. The normalized spacial score (nSPS) is 16.0. The van der Waals surface area contributed by atoms with E-state index in [1.807, 2.05) is 12.1 Å². The lowest BCUT2D eigenvalue weighted by Gasteiger charge is -2.30. The highest BCUT2D eigenvalue weighted by Crippen LogP contribution is 2.24. The number of piperidine rings is 1. The van der Waals surface area contributed by atoms with Crippen LogP contribution in [0.15, 0.2) is 53.7 Å². The van der Waals surface area contributed by atoms with Gasteiger partial charge in [0.1, 0.15) is 5.82 Å². The van der Waals surface area contributed by atoms with E-state index in [4.69, 9.17) is 4.74 Å². The van der Waals surface area contributed by atoms with Crippen LogP contribution in [-0.2, 0) is 26.0 Å². The lowest BCUT2D eigenvalue weighted by atomic mass is 9.98. The lowest BCUT2D eigenvalue weighted by molar-refractivity contribution is -0.149. The smallest absolute Gasteiger partial charge is 0.309 e. The van der Waals surface area contributed by atoms with E-state index in [2.05, 4.69) is 4.98 Å². The number of esters is 1. The zero-order valence-electron chi connectivity index (χ0n) is 15.5. The first-order valence-electron chi connectivity index (χ1n) is 9.28. The fourth-order valence-corrected chi connectivity index (χ4v) is 4.67. The Kier molecular flexibility index (Phi) is 6.74. The van der Waals surface area contributed by atoms with Gasteiger partial charge in [-0.2, -0.15) is 4.31 Å². The zero-order valence-corrected chi connectivity index (χ0v) is 16.3. The van der Waals surface area contributed by atoms with E-state index in [1.54, 1.807) is 12.4 Å². The second-order valence-electron chi connectivity index (χ2n) is 6.76. The Hall–Kier alpha value is -2.32. The van der Waals surface area contributed by atoms with Crippen molar-refractivity contribution in [1.29, 1.82) is 0 Å². The predicted octanol–water partition coefficient (Wildman–Crippen LogP) is 2.80. The van der Waals surface area contributed by atoms with Gasteiger partial charge in [-0.15, -0.1) is 0 Å². The van der Waals surface area contributed by atoms with Crippen molar-refractivity contribution in [3.8, 4) is 0 Å². The average molecular weight is 406 g/mol. The Balaban J connectivity index is 1.44. The maximum atomic E-state index is 13.0. The van der Waals surface area contributed by atoms with Crippen LogP contribution in [0.25, 0.3) is 0 Å². The molecule has 0 saturated carbocycles. The van der Waals surface area contributed by atoms with Crippen molar-refractivity contribution in [2.45, 2.75) is 30.6 Å². The second kappa shape index (κ2) is 9.25. The summed E-state index contributed by atoms with van der Waals surface area (Å²) in [6, 6.07) is 8.62. The number of carbonyl (C=O) groups is 1. The van der Waals surface area contributed by atoms with Gasteiger partial charge in [-0.05, 0) is 61.6 Å². The van der Waals surface area contributed by atoms with Crippen molar-refractivity contribution in [3.05, 3.63) is 60.2 Å². The number of ether oxygens (including phenoxy) is 1. The van der Waals surface area contributed by atoms with Gasteiger partial charge in [0.05, 0.1) is 17.4 Å². The first-order valence-corrected chi connectivity index (χ1v) is 10.7. The van der Waals surface area contributed by atoms with Gasteiger partial charge < -0.3 is 4.74 Å². The fourth-order valence-electron chi connectivity index (χ4n) is 3.20. The number of sulfonamides is 1. The molecule has 0 unspecified atom stereocenters. The number of pyridine rings is 1. The molecule has 2 aromatic rings. The van der Waals surface area contributed by atoms with Crippen LogP contribution < -0.4 is 0 Å². The van der Waals surface area contributed by atoms with Crippen molar-refractivity contribution in [2.24, 2.45) is 5.92 Å². The number of nitrogens with zero attached hydrogens (tertiary/aromatic N) is 2. The summed E-state index contributed by atoms with van der Waals surface area (Å²) in [5.74, 6) is -1.05. The predicted molar refractivity (Wildman–Crippen MR) is 101 cm³/mol. The number of carbonyl (C=O) groups excluding carboxylic acids is 1. The van der Waals surface area contributed by atoms with Crippen molar-refractivity contribution in [1.82, 2.24) is 9.29 Å². The van der Waals surface area contributed by atoms with E-state index in [0.717, 1.165) is 30.5 Å². The molecular weight excluding hydrogens is 383 g/mol. The molecule has 1 fully saturated rings. The Bertz CT molecular complexity index is 880. The lowest BCUT2D eigenvalue weighted by Crippen LogP contribution is -2.40. The molecule has 0 spiro atoms. The SMILES string of the molecule is O=C(OCCCc1cccnc1)C1CCN(S(=O)(=O)c2ccc(F)cc2)CC1. The van der Waals surface area contributed by atoms with Crippen LogP contribution >= 0.6 is 0 Å². The molecule has 1 aliphatic heterocycles. The first kappa shape index (κ1) is 20.4. The maximum Gasteiger partial charge on any atom is 0.309 e. The number of hydrogen-bond donors (Lipinski definition) is 0. The maximum absolute atomic E-state index is 13.0. The van der Waals surface area contributed by atoms with Gasteiger partial charge in [-0.25, -0.2) is 12.8 Å². The molecule has 3 rings (SSSR count). The van der Waals surface area contributed by atoms with E-state index >= 15 is 0 Å². The fraction of sp³-hybridized carbons (Fsp3) is 0.400. The summed E-state index contributed by atoms with van der Waals surface area (Å²) in [5, 5.41) is 0. The first-order chi connectivity index (χ1) is 13.5. The third kappa shape index (κ3) is 5.14. The topological polar surface area (TPSA) is 76.6 Å². The third-order valence-electron chi connectivity index (χ3n) is 4.82. The van der Waals surface area contributed by atoms with Crippen LogP contribution in [0, 0.1) is 11.7 Å². The molecule has 150 valence electrons. The van der Waals surface area contributed by atoms with Crippen molar-refractivity contribution < 1.29 is 22.3 Å². The molecule has 1 aliphatic rings. The summed E-state index contributed by atoms with van der Waals surface area (Å²) in [6.45, 7) is 0.826. The minimum absolute atomic E-state index is 0.0605.